The van der Waals surface area contributed by atoms with E-state index in [2.05, 4.69) is 29.1 Å². The third-order valence-electron chi connectivity index (χ3n) is 5.43. The second kappa shape index (κ2) is 9.05. The predicted octanol–water partition coefficient (Wildman–Crippen LogP) is 3.49. The number of carbonyl (C=O) groups excluding carboxylic acids is 1. The number of rotatable bonds is 4. The zero-order chi connectivity index (χ0) is 18.8. The third-order valence-corrected chi connectivity index (χ3v) is 5.76. The van der Waals surface area contributed by atoms with Gasteiger partial charge in [0, 0.05) is 24.2 Å². The van der Waals surface area contributed by atoms with Crippen molar-refractivity contribution in [1.82, 2.24) is 10.2 Å². The second-order valence-corrected chi connectivity index (χ2v) is 7.62. The molecule has 2 fully saturated rings. The van der Waals surface area contributed by atoms with Crippen LogP contribution in [0, 0.1) is 11.8 Å². The average Bonchev–Trinajstić information content (AvgIpc) is 2.80. The average molecular weight is 412 g/mol. The van der Waals surface area contributed by atoms with E-state index in [1.165, 1.54) is 12.8 Å². The van der Waals surface area contributed by atoms with Gasteiger partial charge in [0.1, 0.15) is 5.75 Å². The van der Waals surface area contributed by atoms with Gasteiger partial charge < -0.3 is 20.7 Å². The number of nitrogens with two attached hydrogens (primary N) is 1. The molecule has 0 saturated carbocycles. The molecule has 0 aromatic heterocycles. The number of nitrogens with zero attached hydrogens (tertiary/aromatic N) is 1. The highest BCUT2D eigenvalue weighted by molar-refractivity contribution is 6.33. The van der Waals surface area contributed by atoms with Gasteiger partial charge in [-0.1, -0.05) is 17.5 Å². The van der Waals surface area contributed by atoms with E-state index in [1.807, 2.05) is 6.92 Å². The van der Waals surface area contributed by atoms with Crippen LogP contribution in [0.1, 0.15) is 49.9 Å². The number of hydrogen-bond acceptors (Lipinski definition) is 4. The maximum absolute atomic E-state index is 12.9. The van der Waals surface area contributed by atoms with E-state index >= 15 is 0 Å². The first-order valence-corrected chi connectivity index (χ1v) is 9.47. The van der Waals surface area contributed by atoms with E-state index < -0.39 is 0 Å². The Hall–Kier alpha value is -1.61. The van der Waals surface area contributed by atoms with Gasteiger partial charge in [-0.05, 0) is 52.6 Å². The van der Waals surface area contributed by atoms with E-state index in [0.29, 0.717) is 34.1 Å². The summed E-state index contributed by atoms with van der Waals surface area (Å²) >= 11 is 6.15. The maximum Gasteiger partial charge on any atom is 0.255 e. The minimum absolute atomic E-state index is 0. The Bertz CT molecular complexity index is 746. The van der Waals surface area contributed by atoms with Crippen molar-refractivity contribution in [2.45, 2.75) is 63.8 Å². The Balaban J connectivity index is 0.00000261. The van der Waals surface area contributed by atoms with Gasteiger partial charge in [0.15, 0.2) is 6.10 Å². The lowest BCUT2D eigenvalue weighted by Crippen LogP contribution is -2.48. The van der Waals surface area contributed by atoms with Crippen molar-refractivity contribution in [3.8, 4) is 17.6 Å². The smallest absolute Gasteiger partial charge is 0.255 e. The second-order valence-electron chi connectivity index (χ2n) is 7.22. The van der Waals surface area contributed by atoms with Crippen LogP contribution in [-0.4, -0.2) is 42.1 Å². The van der Waals surface area contributed by atoms with E-state index in [9.17, 15) is 4.79 Å². The number of ether oxygens (including phenoxy) is 1. The van der Waals surface area contributed by atoms with Crippen LogP contribution < -0.4 is 15.8 Å². The molecule has 1 aromatic carbocycles. The largest absolute Gasteiger partial charge is 0.477 e. The Morgan fingerprint density at radius 3 is 2.59 bits per heavy atom. The number of anilines is 1. The quantitative estimate of drug-likeness (QED) is 0.587. The van der Waals surface area contributed by atoms with E-state index in [1.54, 1.807) is 19.1 Å². The Labute approximate surface area is 172 Å². The van der Waals surface area contributed by atoms with Crippen molar-refractivity contribution in [1.29, 1.82) is 0 Å². The number of halogens is 2. The molecule has 0 aliphatic carbocycles. The van der Waals surface area contributed by atoms with Crippen LogP contribution in [0.25, 0.3) is 0 Å². The van der Waals surface area contributed by atoms with Crippen molar-refractivity contribution in [3.05, 3.63) is 22.7 Å². The molecule has 2 saturated heterocycles. The number of benzene rings is 1. The van der Waals surface area contributed by atoms with Gasteiger partial charge in [-0.3, -0.25) is 4.79 Å². The van der Waals surface area contributed by atoms with Gasteiger partial charge in [-0.15, -0.1) is 18.3 Å². The normalized spacial score (nSPS) is 25.0. The molecular weight excluding hydrogens is 385 g/mol. The molecule has 2 bridgehead atoms. The lowest BCUT2D eigenvalue weighted by molar-refractivity contribution is 0.0878. The number of carbonyl (C=O) groups is 1. The topological polar surface area (TPSA) is 67.6 Å². The first kappa shape index (κ1) is 21.7. The number of nitrogens with one attached hydrogen (secondary N) is 1. The zero-order valence-electron chi connectivity index (χ0n) is 15.9. The van der Waals surface area contributed by atoms with Gasteiger partial charge in [0.25, 0.3) is 5.91 Å². The molecule has 1 aromatic rings. The summed E-state index contributed by atoms with van der Waals surface area (Å²) in [6, 6.07) is 4.48. The standard InChI is InChI=1S/C20H26ClN3O2.ClH/c1-4-5-12(2)26-19-11-18(22)17(21)10-16(19)20(25)23-13-8-14-6-7-15(9-13)24(14)3;/h10-15H,6-9,22H2,1-3H3,(H,23,25);1H. The van der Waals surface area contributed by atoms with Crippen LogP contribution >= 0.6 is 24.0 Å². The molecule has 0 radical (unpaired) electrons. The number of fused-ring (bicyclic) bond motifs is 2. The summed E-state index contributed by atoms with van der Waals surface area (Å²) in [5, 5.41) is 3.52. The first-order chi connectivity index (χ1) is 12.4. The molecule has 2 aliphatic rings. The minimum Gasteiger partial charge on any atom is -0.477 e. The van der Waals surface area contributed by atoms with Gasteiger partial charge in [-0.2, -0.15) is 0 Å². The zero-order valence-corrected chi connectivity index (χ0v) is 17.5. The van der Waals surface area contributed by atoms with E-state index in [4.69, 9.17) is 22.1 Å². The Kier molecular flexibility index (Phi) is 7.27. The molecule has 27 heavy (non-hydrogen) atoms. The Morgan fingerprint density at radius 1 is 1.37 bits per heavy atom. The van der Waals surface area contributed by atoms with Crippen LogP contribution in [0.4, 0.5) is 5.69 Å². The van der Waals surface area contributed by atoms with Crippen molar-refractivity contribution >= 4 is 35.6 Å². The van der Waals surface area contributed by atoms with Crippen molar-refractivity contribution in [3.63, 3.8) is 0 Å². The van der Waals surface area contributed by atoms with Crippen LogP contribution in [0.3, 0.4) is 0 Å². The molecule has 3 rings (SSSR count). The summed E-state index contributed by atoms with van der Waals surface area (Å²) in [4.78, 5) is 15.4. The number of amides is 1. The molecule has 3 N–H and O–H groups in total. The van der Waals surface area contributed by atoms with Crippen molar-refractivity contribution in [2.75, 3.05) is 12.8 Å². The number of piperidine rings is 1. The molecule has 7 heteroatoms. The van der Waals surface area contributed by atoms with Crippen molar-refractivity contribution in [2.24, 2.45) is 0 Å². The van der Waals surface area contributed by atoms with E-state index in [0.717, 1.165) is 12.8 Å². The molecule has 3 unspecified atom stereocenters. The molecule has 0 spiro atoms. The van der Waals surface area contributed by atoms with Crippen LogP contribution in [-0.2, 0) is 0 Å². The number of nitrogen functional groups attached to an aromatic ring is 1. The summed E-state index contributed by atoms with van der Waals surface area (Å²) in [5.41, 5.74) is 6.68. The lowest BCUT2D eigenvalue weighted by Gasteiger charge is -2.36. The minimum atomic E-state index is -0.341. The molecule has 148 valence electrons. The van der Waals surface area contributed by atoms with Crippen LogP contribution in [0.15, 0.2) is 12.1 Å². The Morgan fingerprint density at radius 2 is 2.00 bits per heavy atom. The lowest BCUT2D eigenvalue weighted by atomic mass is 9.97. The SMILES string of the molecule is CC#CC(C)Oc1cc(N)c(Cl)cc1C(=O)NC1CC2CCC(C1)N2C.Cl. The monoisotopic (exact) mass is 411 g/mol. The van der Waals surface area contributed by atoms with E-state index in [-0.39, 0.29) is 30.5 Å². The summed E-state index contributed by atoms with van der Waals surface area (Å²) < 4.78 is 5.82. The highest BCUT2D eigenvalue weighted by atomic mass is 35.5. The molecule has 2 heterocycles. The van der Waals surface area contributed by atoms with Gasteiger partial charge in [0.05, 0.1) is 16.3 Å². The van der Waals surface area contributed by atoms with Gasteiger partial charge in [0.2, 0.25) is 0 Å². The maximum atomic E-state index is 12.9. The summed E-state index contributed by atoms with van der Waals surface area (Å²) in [7, 11) is 2.18. The summed E-state index contributed by atoms with van der Waals surface area (Å²) in [6.07, 6.45) is 4.04. The predicted molar refractivity (Wildman–Crippen MR) is 112 cm³/mol. The van der Waals surface area contributed by atoms with Crippen molar-refractivity contribution < 1.29 is 9.53 Å². The van der Waals surface area contributed by atoms with Crippen LogP contribution in [0.5, 0.6) is 5.75 Å². The fourth-order valence-corrected chi connectivity index (χ4v) is 4.22. The fraction of sp³-hybridized carbons (Fsp3) is 0.550. The highest BCUT2D eigenvalue weighted by Gasteiger charge is 2.39. The molecular formula is C20H27Cl2N3O2. The first-order valence-electron chi connectivity index (χ1n) is 9.09. The molecule has 5 nitrogen and oxygen atoms in total. The van der Waals surface area contributed by atoms with Gasteiger partial charge in [-0.25, -0.2) is 0 Å². The summed E-state index contributed by atoms with van der Waals surface area (Å²) in [6.45, 7) is 3.58. The van der Waals surface area contributed by atoms with Crippen LogP contribution in [0.2, 0.25) is 5.02 Å². The molecule has 2 aliphatic heterocycles. The fourth-order valence-electron chi connectivity index (χ4n) is 4.06. The highest BCUT2D eigenvalue weighted by Crippen LogP contribution is 2.35. The molecule has 1 amide bonds. The van der Waals surface area contributed by atoms with Gasteiger partial charge >= 0.3 is 0 Å². The third kappa shape index (κ3) is 4.82. The molecule has 3 atom stereocenters. The number of hydrogen-bond donors (Lipinski definition) is 2. The summed E-state index contributed by atoms with van der Waals surface area (Å²) in [5.74, 6) is 5.97.